The van der Waals surface area contributed by atoms with Crippen molar-refractivity contribution in [3.8, 4) is 11.4 Å². The maximum atomic E-state index is 12.8. The minimum Gasteiger partial charge on any atom is -0.343 e. The highest BCUT2D eigenvalue weighted by molar-refractivity contribution is 5.91. The van der Waals surface area contributed by atoms with Crippen molar-refractivity contribution in [3.05, 3.63) is 77.4 Å². The highest BCUT2D eigenvalue weighted by Gasteiger charge is 2.09. The highest BCUT2D eigenvalue weighted by Crippen LogP contribution is 2.16. The third kappa shape index (κ3) is 4.60. The Morgan fingerprint density at radius 3 is 2.80 bits per heavy atom. The second-order valence-electron chi connectivity index (χ2n) is 5.48. The molecule has 0 saturated carbocycles. The molecule has 0 spiro atoms. The van der Waals surface area contributed by atoms with Crippen LogP contribution in [0, 0.1) is 12.7 Å². The van der Waals surface area contributed by atoms with Crippen LogP contribution in [0.15, 0.2) is 59.1 Å². The van der Waals surface area contributed by atoms with E-state index in [0.717, 1.165) is 16.7 Å². The van der Waals surface area contributed by atoms with Gasteiger partial charge in [0.15, 0.2) is 0 Å². The SMILES string of the molecule is Cc1cccc(-c2noc(CNC(=O)/C=C/c3ccc(F)cc3)n2)c1. The Balaban J connectivity index is 1.56. The lowest BCUT2D eigenvalue weighted by molar-refractivity contribution is -0.116. The number of hydrogen-bond donors (Lipinski definition) is 1. The number of aromatic nitrogens is 2. The fourth-order valence-corrected chi connectivity index (χ4v) is 2.20. The van der Waals surface area contributed by atoms with E-state index in [-0.39, 0.29) is 18.3 Å². The van der Waals surface area contributed by atoms with E-state index in [1.807, 2.05) is 31.2 Å². The van der Waals surface area contributed by atoms with Gasteiger partial charge in [-0.1, -0.05) is 41.1 Å². The van der Waals surface area contributed by atoms with Crippen LogP contribution < -0.4 is 5.32 Å². The van der Waals surface area contributed by atoms with Crippen molar-refractivity contribution in [2.75, 3.05) is 0 Å². The molecule has 1 amide bonds. The van der Waals surface area contributed by atoms with E-state index < -0.39 is 0 Å². The molecule has 3 aromatic rings. The summed E-state index contributed by atoms with van der Waals surface area (Å²) in [5, 5.41) is 6.58. The summed E-state index contributed by atoms with van der Waals surface area (Å²) >= 11 is 0. The van der Waals surface area contributed by atoms with E-state index >= 15 is 0 Å². The van der Waals surface area contributed by atoms with Gasteiger partial charge in [0.1, 0.15) is 5.82 Å². The van der Waals surface area contributed by atoms with Crippen LogP contribution >= 0.6 is 0 Å². The molecule has 0 atom stereocenters. The predicted octanol–water partition coefficient (Wildman–Crippen LogP) is 3.51. The second kappa shape index (κ2) is 7.53. The van der Waals surface area contributed by atoms with Gasteiger partial charge in [-0.3, -0.25) is 4.79 Å². The molecule has 0 aliphatic heterocycles. The fourth-order valence-electron chi connectivity index (χ4n) is 2.20. The van der Waals surface area contributed by atoms with Gasteiger partial charge < -0.3 is 9.84 Å². The molecular weight excluding hydrogens is 321 g/mol. The van der Waals surface area contributed by atoms with Gasteiger partial charge in [-0.05, 0) is 36.8 Å². The number of carbonyl (C=O) groups excluding carboxylic acids is 1. The Kier molecular flexibility index (Phi) is 4.99. The summed E-state index contributed by atoms with van der Waals surface area (Å²) in [6.45, 7) is 2.11. The van der Waals surface area contributed by atoms with E-state index in [2.05, 4.69) is 15.5 Å². The highest BCUT2D eigenvalue weighted by atomic mass is 19.1. The van der Waals surface area contributed by atoms with E-state index in [1.54, 1.807) is 18.2 Å². The number of amides is 1. The molecule has 0 fully saturated rings. The molecule has 1 heterocycles. The smallest absolute Gasteiger partial charge is 0.246 e. The van der Waals surface area contributed by atoms with Crippen LogP contribution in [0.1, 0.15) is 17.0 Å². The van der Waals surface area contributed by atoms with Gasteiger partial charge in [0.25, 0.3) is 0 Å². The quantitative estimate of drug-likeness (QED) is 0.724. The van der Waals surface area contributed by atoms with Crippen molar-refractivity contribution < 1.29 is 13.7 Å². The molecule has 0 unspecified atom stereocenters. The number of nitrogens with one attached hydrogen (secondary N) is 1. The number of aryl methyl sites for hydroxylation is 1. The molecule has 1 aromatic heterocycles. The summed E-state index contributed by atoms with van der Waals surface area (Å²) < 4.78 is 18.0. The summed E-state index contributed by atoms with van der Waals surface area (Å²) in [7, 11) is 0. The average Bonchev–Trinajstić information content (AvgIpc) is 3.08. The van der Waals surface area contributed by atoms with Gasteiger partial charge in [0.2, 0.25) is 17.6 Å². The van der Waals surface area contributed by atoms with E-state index in [0.29, 0.717) is 11.7 Å². The lowest BCUT2D eigenvalue weighted by atomic mass is 10.1. The minimum absolute atomic E-state index is 0.130. The molecular formula is C19H16FN3O2. The Morgan fingerprint density at radius 1 is 1.24 bits per heavy atom. The number of carbonyl (C=O) groups is 1. The molecule has 0 bridgehead atoms. The summed E-state index contributed by atoms with van der Waals surface area (Å²) in [6.07, 6.45) is 2.96. The van der Waals surface area contributed by atoms with Crippen molar-refractivity contribution >= 4 is 12.0 Å². The normalized spacial score (nSPS) is 11.0. The summed E-state index contributed by atoms with van der Waals surface area (Å²) in [4.78, 5) is 16.1. The molecule has 0 aliphatic rings. The topological polar surface area (TPSA) is 68.0 Å². The van der Waals surface area contributed by atoms with Crippen LogP contribution in [0.2, 0.25) is 0 Å². The van der Waals surface area contributed by atoms with Gasteiger partial charge in [0, 0.05) is 11.6 Å². The largest absolute Gasteiger partial charge is 0.343 e. The lowest BCUT2D eigenvalue weighted by Crippen LogP contribution is -2.20. The van der Waals surface area contributed by atoms with Crippen LogP contribution in [0.25, 0.3) is 17.5 Å². The zero-order chi connectivity index (χ0) is 17.6. The molecule has 5 nitrogen and oxygen atoms in total. The number of rotatable bonds is 5. The van der Waals surface area contributed by atoms with E-state index in [9.17, 15) is 9.18 Å². The van der Waals surface area contributed by atoms with Gasteiger partial charge in [0.05, 0.1) is 6.54 Å². The molecule has 3 rings (SSSR count). The number of benzene rings is 2. The number of hydrogen-bond acceptors (Lipinski definition) is 4. The van der Waals surface area contributed by atoms with Crippen molar-refractivity contribution in [2.45, 2.75) is 13.5 Å². The predicted molar refractivity (Wildman–Crippen MR) is 91.8 cm³/mol. The van der Waals surface area contributed by atoms with E-state index in [4.69, 9.17) is 4.52 Å². The zero-order valence-electron chi connectivity index (χ0n) is 13.6. The first-order chi connectivity index (χ1) is 12.1. The summed E-state index contributed by atoms with van der Waals surface area (Å²) in [5.41, 5.74) is 2.69. The lowest BCUT2D eigenvalue weighted by Gasteiger charge is -1.97. The Morgan fingerprint density at radius 2 is 2.04 bits per heavy atom. The monoisotopic (exact) mass is 337 g/mol. The third-order valence-corrected chi connectivity index (χ3v) is 3.46. The second-order valence-corrected chi connectivity index (χ2v) is 5.48. The summed E-state index contributed by atoms with van der Waals surface area (Å²) in [6, 6.07) is 13.6. The molecule has 6 heteroatoms. The molecule has 126 valence electrons. The first-order valence-electron chi connectivity index (χ1n) is 7.71. The Bertz CT molecular complexity index is 901. The first kappa shape index (κ1) is 16.6. The van der Waals surface area contributed by atoms with Crippen LogP contribution in [0.5, 0.6) is 0 Å². The van der Waals surface area contributed by atoms with Gasteiger partial charge >= 0.3 is 0 Å². The van der Waals surface area contributed by atoms with Crippen molar-refractivity contribution in [1.29, 1.82) is 0 Å². The maximum Gasteiger partial charge on any atom is 0.246 e. The molecule has 0 radical (unpaired) electrons. The standard InChI is InChI=1S/C19H16FN3O2/c1-13-3-2-4-15(11-13)19-22-18(25-23-19)12-21-17(24)10-7-14-5-8-16(20)9-6-14/h2-11H,12H2,1H3,(H,21,24)/b10-7+. The van der Waals surface area contributed by atoms with Crippen molar-refractivity contribution in [1.82, 2.24) is 15.5 Å². The van der Waals surface area contributed by atoms with Crippen LogP contribution in [0.4, 0.5) is 4.39 Å². The minimum atomic E-state index is -0.317. The van der Waals surface area contributed by atoms with Crippen LogP contribution in [0.3, 0.4) is 0 Å². The van der Waals surface area contributed by atoms with Gasteiger partial charge in [-0.2, -0.15) is 4.98 Å². The molecule has 1 N–H and O–H groups in total. The van der Waals surface area contributed by atoms with Gasteiger partial charge in [-0.15, -0.1) is 0 Å². The maximum absolute atomic E-state index is 12.8. The van der Waals surface area contributed by atoms with Crippen molar-refractivity contribution in [3.63, 3.8) is 0 Å². The Hall–Kier alpha value is -3.28. The zero-order valence-corrected chi connectivity index (χ0v) is 13.6. The van der Waals surface area contributed by atoms with Crippen molar-refractivity contribution in [2.24, 2.45) is 0 Å². The van der Waals surface area contributed by atoms with Gasteiger partial charge in [-0.25, -0.2) is 4.39 Å². The molecule has 0 saturated heterocycles. The Labute approximate surface area is 144 Å². The van der Waals surface area contributed by atoms with Crippen LogP contribution in [-0.4, -0.2) is 16.0 Å². The third-order valence-electron chi connectivity index (χ3n) is 3.46. The fraction of sp³-hybridized carbons (Fsp3) is 0.105. The average molecular weight is 337 g/mol. The molecule has 0 aliphatic carbocycles. The molecule has 2 aromatic carbocycles. The van der Waals surface area contributed by atoms with Crippen LogP contribution in [-0.2, 0) is 11.3 Å². The number of halogens is 1. The first-order valence-corrected chi connectivity index (χ1v) is 7.71. The summed E-state index contributed by atoms with van der Waals surface area (Å²) in [5.74, 6) is 0.178. The van der Waals surface area contributed by atoms with E-state index in [1.165, 1.54) is 18.2 Å². The molecule has 25 heavy (non-hydrogen) atoms. The number of nitrogens with zero attached hydrogens (tertiary/aromatic N) is 2.